The number of nitrogens with one attached hydrogen (secondary N) is 1. The van der Waals surface area contributed by atoms with Crippen LogP contribution in [-0.2, 0) is 6.54 Å². The topological polar surface area (TPSA) is 27.7 Å². The van der Waals surface area contributed by atoms with Crippen molar-refractivity contribution in [3.63, 3.8) is 0 Å². The molecule has 4 rings (SSSR count). The molecule has 0 aromatic heterocycles. The van der Waals surface area contributed by atoms with Crippen molar-refractivity contribution < 1.29 is 4.74 Å². The van der Waals surface area contributed by atoms with E-state index in [1.165, 1.54) is 66.9 Å². The summed E-state index contributed by atoms with van der Waals surface area (Å²) < 4.78 is 6.29. The van der Waals surface area contributed by atoms with Gasteiger partial charge in [-0.1, -0.05) is 62.4 Å². The van der Waals surface area contributed by atoms with E-state index < -0.39 is 0 Å². The molecule has 1 N–H and O–H groups in total. The molecule has 0 aliphatic carbocycles. The molecule has 0 spiro atoms. The fourth-order valence-corrected chi connectivity index (χ4v) is 5.89. The summed E-state index contributed by atoms with van der Waals surface area (Å²) in [5.41, 5.74) is 6.97. The number of hydrogen-bond acceptors (Lipinski definition) is 4. The lowest BCUT2D eigenvalue weighted by atomic mass is 9.88. The van der Waals surface area contributed by atoms with E-state index >= 15 is 0 Å². The fraction of sp³-hybridized carbons (Fsp3) is 0.515. The molecule has 0 saturated carbocycles. The van der Waals surface area contributed by atoms with E-state index in [1.807, 2.05) is 7.05 Å². The number of allylic oxidation sites excluding steroid dienone is 2. The minimum Gasteiger partial charge on any atom is -0.493 e. The quantitative estimate of drug-likeness (QED) is 0.333. The monoisotopic (exact) mass is 501 g/mol. The molecular weight excluding hydrogens is 454 g/mol. The zero-order chi connectivity index (χ0) is 25.9. The van der Waals surface area contributed by atoms with E-state index in [9.17, 15) is 0 Å². The van der Waals surface area contributed by atoms with E-state index in [0.29, 0.717) is 5.92 Å². The van der Waals surface area contributed by atoms with Gasteiger partial charge in [0.2, 0.25) is 0 Å². The maximum absolute atomic E-state index is 6.29. The Kier molecular flexibility index (Phi) is 10.5. The third kappa shape index (κ3) is 7.64. The Labute approximate surface area is 225 Å². The predicted molar refractivity (Wildman–Crippen MR) is 157 cm³/mol. The zero-order valence-electron chi connectivity index (χ0n) is 23.3. The number of hydrogen-bond donors (Lipinski definition) is 1. The van der Waals surface area contributed by atoms with Crippen molar-refractivity contribution in [1.82, 2.24) is 15.1 Å². The van der Waals surface area contributed by atoms with E-state index in [2.05, 4.69) is 89.6 Å². The standard InChI is InChI=1S/C33H47N3O/c1-4-10-31(35-19-6-7-20-35)18-23-37-32-15-9-14-30(25-32)33(11-5-2)36-21-16-28(17-22-36)29-13-8-12-27(24-29)26-34-3/h8-15,24-25,28,34H,4-7,16-23,26H2,1-3H3/b31-10+,33-11+. The van der Waals surface area contributed by atoms with E-state index in [4.69, 9.17) is 4.74 Å². The van der Waals surface area contributed by atoms with Gasteiger partial charge in [0.1, 0.15) is 5.75 Å². The molecule has 2 aliphatic rings. The second-order valence-corrected chi connectivity index (χ2v) is 10.5. The van der Waals surface area contributed by atoms with E-state index in [-0.39, 0.29) is 0 Å². The summed E-state index contributed by atoms with van der Waals surface area (Å²) in [5.74, 6) is 1.62. The first-order valence-corrected chi connectivity index (χ1v) is 14.6. The van der Waals surface area contributed by atoms with E-state index in [0.717, 1.165) is 51.3 Å². The summed E-state index contributed by atoms with van der Waals surface area (Å²) in [6, 6.07) is 17.9. The van der Waals surface area contributed by atoms with Crippen LogP contribution in [0.5, 0.6) is 5.75 Å². The lowest BCUT2D eigenvalue weighted by molar-refractivity contribution is 0.294. The molecule has 0 amide bonds. The summed E-state index contributed by atoms with van der Waals surface area (Å²) in [5, 5.41) is 3.28. The van der Waals surface area contributed by atoms with Crippen molar-refractivity contribution in [3.05, 3.63) is 83.1 Å². The van der Waals surface area contributed by atoms with Crippen molar-refractivity contribution in [2.24, 2.45) is 0 Å². The Morgan fingerprint density at radius 1 is 0.919 bits per heavy atom. The Morgan fingerprint density at radius 3 is 2.41 bits per heavy atom. The predicted octanol–water partition coefficient (Wildman–Crippen LogP) is 7.20. The minimum absolute atomic E-state index is 0.645. The van der Waals surface area contributed by atoms with Crippen LogP contribution >= 0.6 is 0 Å². The molecule has 4 nitrogen and oxygen atoms in total. The van der Waals surface area contributed by atoms with Crippen LogP contribution in [0.1, 0.15) is 81.4 Å². The molecule has 2 aromatic carbocycles. The second-order valence-electron chi connectivity index (χ2n) is 10.5. The minimum atomic E-state index is 0.645. The first kappa shape index (κ1) is 27.3. The Morgan fingerprint density at radius 2 is 1.68 bits per heavy atom. The Bertz CT molecular complexity index is 1030. The highest BCUT2D eigenvalue weighted by Gasteiger charge is 2.23. The molecular formula is C33H47N3O. The number of likely N-dealkylation sites (tertiary alicyclic amines) is 2. The average molecular weight is 502 g/mol. The van der Waals surface area contributed by atoms with Crippen LogP contribution in [-0.4, -0.2) is 49.6 Å². The SMILES string of the molecule is CC/C=C(\CCOc1cccc(/C(=C\CC)N2CCC(c3cccc(CNC)c3)CC2)c1)N1CCCC1. The summed E-state index contributed by atoms with van der Waals surface area (Å²) in [6.07, 6.45) is 12.9. The molecule has 2 fully saturated rings. The van der Waals surface area contributed by atoms with Gasteiger partial charge < -0.3 is 19.9 Å². The Hall–Kier alpha value is -2.72. The second kappa shape index (κ2) is 14.3. The van der Waals surface area contributed by atoms with Gasteiger partial charge >= 0.3 is 0 Å². The van der Waals surface area contributed by atoms with Gasteiger partial charge in [0.05, 0.1) is 6.61 Å². The van der Waals surface area contributed by atoms with Gasteiger partial charge in [-0.2, -0.15) is 0 Å². The van der Waals surface area contributed by atoms with Crippen molar-refractivity contribution >= 4 is 5.70 Å². The Balaban J connectivity index is 1.36. The van der Waals surface area contributed by atoms with Gasteiger partial charge in [-0.3, -0.25) is 0 Å². The van der Waals surface area contributed by atoms with Gasteiger partial charge in [-0.15, -0.1) is 0 Å². The van der Waals surface area contributed by atoms with Gasteiger partial charge in [0.25, 0.3) is 0 Å². The van der Waals surface area contributed by atoms with Crippen LogP contribution in [0.2, 0.25) is 0 Å². The van der Waals surface area contributed by atoms with Gasteiger partial charge in [0, 0.05) is 56.1 Å². The summed E-state index contributed by atoms with van der Waals surface area (Å²) in [6.45, 7) is 10.7. The van der Waals surface area contributed by atoms with Gasteiger partial charge in [-0.25, -0.2) is 0 Å². The molecule has 2 aliphatic heterocycles. The number of piperidine rings is 1. The lowest BCUT2D eigenvalue weighted by Crippen LogP contribution is -2.31. The molecule has 4 heteroatoms. The fourth-order valence-electron chi connectivity index (χ4n) is 5.89. The summed E-state index contributed by atoms with van der Waals surface area (Å²) >= 11 is 0. The number of ether oxygens (including phenoxy) is 1. The third-order valence-corrected chi connectivity index (χ3v) is 7.75. The van der Waals surface area contributed by atoms with E-state index in [1.54, 1.807) is 0 Å². The van der Waals surface area contributed by atoms with Crippen LogP contribution in [0.25, 0.3) is 5.70 Å². The van der Waals surface area contributed by atoms with Crippen LogP contribution in [0.4, 0.5) is 0 Å². The summed E-state index contributed by atoms with van der Waals surface area (Å²) in [4.78, 5) is 5.14. The molecule has 0 bridgehead atoms. The first-order valence-electron chi connectivity index (χ1n) is 14.6. The lowest BCUT2D eigenvalue weighted by Gasteiger charge is -2.36. The third-order valence-electron chi connectivity index (χ3n) is 7.75. The molecule has 37 heavy (non-hydrogen) atoms. The molecule has 0 atom stereocenters. The molecule has 200 valence electrons. The number of benzene rings is 2. The average Bonchev–Trinajstić information content (AvgIpc) is 3.47. The van der Waals surface area contributed by atoms with Crippen LogP contribution in [0.15, 0.2) is 66.4 Å². The molecule has 2 heterocycles. The summed E-state index contributed by atoms with van der Waals surface area (Å²) in [7, 11) is 2.02. The molecule has 2 saturated heterocycles. The normalized spacial score (nSPS) is 17.5. The largest absolute Gasteiger partial charge is 0.493 e. The highest BCUT2D eigenvalue weighted by atomic mass is 16.5. The molecule has 2 aromatic rings. The van der Waals surface area contributed by atoms with Crippen LogP contribution < -0.4 is 10.1 Å². The van der Waals surface area contributed by atoms with Crippen molar-refractivity contribution in [1.29, 1.82) is 0 Å². The molecule has 0 radical (unpaired) electrons. The smallest absolute Gasteiger partial charge is 0.119 e. The van der Waals surface area contributed by atoms with Crippen molar-refractivity contribution in [2.45, 2.75) is 71.3 Å². The zero-order valence-corrected chi connectivity index (χ0v) is 23.3. The van der Waals surface area contributed by atoms with Crippen molar-refractivity contribution in [2.75, 3.05) is 39.8 Å². The van der Waals surface area contributed by atoms with Crippen LogP contribution in [0.3, 0.4) is 0 Å². The van der Waals surface area contributed by atoms with Crippen LogP contribution in [0, 0.1) is 0 Å². The maximum atomic E-state index is 6.29. The number of rotatable bonds is 12. The van der Waals surface area contributed by atoms with Gasteiger partial charge in [0.15, 0.2) is 0 Å². The van der Waals surface area contributed by atoms with Crippen molar-refractivity contribution in [3.8, 4) is 5.75 Å². The number of nitrogens with zero attached hydrogens (tertiary/aromatic N) is 2. The molecule has 0 unspecified atom stereocenters. The maximum Gasteiger partial charge on any atom is 0.119 e. The highest BCUT2D eigenvalue weighted by molar-refractivity contribution is 5.65. The first-order chi connectivity index (χ1) is 18.2. The van der Waals surface area contributed by atoms with Gasteiger partial charge in [-0.05, 0) is 74.8 Å². The highest BCUT2D eigenvalue weighted by Crippen LogP contribution is 2.33.